The first kappa shape index (κ1) is 12.5. The number of carbonyl (C=O) groups excluding carboxylic acids is 1. The summed E-state index contributed by atoms with van der Waals surface area (Å²) in [6, 6.07) is -1.05. The van der Waals surface area contributed by atoms with Crippen LogP contribution in [0.1, 0.15) is 6.92 Å². The van der Waals surface area contributed by atoms with Gasteiger partial charge in [0.15, 0.2) is 0 Å². The zero-order valence-electron chi connectivity index (χ0n) is 7.13. The Kier molecular flexibility index (Phi) is 4.13. The molecule has 14 heavy (non-hydrogen) atoms. The lowest BCUT2D eigenvalue weighted by atomic mass is 10.3. The number of carboxylic acid groups (broad SMARTS) is 1. The van der Waals surface area contributed by atoms with E-state index < -0.39 is 24.0 Å². The van der Waals surface area contributed by atoms with E-state index in [1.54, 1.807) is 0 Å². The van der Waals surface area contributed by atoms with Crippen molar-refractivity contribution in [2.75, 3.05) is 0 Å². The number of rotatable bonds is 4. The molecule has 0 radical (unpaired) electrons. The first-order valence-electron chi connectivity index (χ1n) is 3.51. The molecule has 0 heterocycles. The van der Waals surface area contributed by atoms with E-state index in [1.165, 1.54) is 6.92 Å². The zero-order valence-corrected chi connectivity index (χ0v) is 7.13. The molecule has 7 heteroatoms. The number of aliphatic carboxylic acids is 1. The molecule has 0 fully saturated rings. The van der Waals surface area contributed by atoms with Crippen LogP contribution >= 0.6 is 0 Å². The van der Waals surface area contributed by atoms with E-state index in [4.69, 9.17) is 5.11 Å². The van der Waals surface area contributed by atoms with E-state index in [-0.39, 0.29) is 6.08 Å². The number of ketones is 1. The number of carboxylic acids is 1. The van der Waals surface area contributed by atoms with Gasteiger partial charge in [0.2, 0.25) is 0 Å². The summed E-state index contributed by atoms with van der Waals surface area (Å²) in [6.45, 7) is 1.23. The van der Waals surface area contributed by atoms with Crippen molar-refractivity contribution in [1.29, 1.82) is 0 Å². The number of halogens is 3. The fourth-order valence-electron chi connectivity index (χ4n) is 0.434. The molecule has 80 valence electrons. The van der Waals surface area contributed by atoms with Crippen LogP contribution in [0.3, 0.4) is 0 Å². The minimum Gasteiger partial charge on any atom is -0.480 e. The second-order valence-corrected chi connectivity index (χ2v) is 2.42. The molecule has 0 aliphatic rings. The van der Waals surface area contributed by atoms with Crippen molar-refractivity contribution in [3.05, 3.63) is 12.3 Å². The van der Waals surface area contributed by atoms with Gasteiger partial charge in [-0.2, -0.15) is 13.2 Å². The second-order valence-electron chi connectivity index (χ2n) is 2.42. The van der Waals surface area contributed by atoms with E-state index >= 15 is 0 Å². The molecule has 0 aromatic carbocycles. The summed E-state index contributed by atoms with van der Waals surface area (Å²) < 4.78 is 34.8. The van der Waals surface area contributed by atoms with Crippen LogP contribution in [0.25, 0.3) is 0 Å². The Bertz CT molecular complexity index is 259. The summed E-state index contributed by atoms with van der Waals surface area (Å²) in [5, 5.41) is 10.4. The molecule has 0 saturated carbocycles. The van der Waals surface area contributed by atoms with Gasteiger partial charge in [0.25, 0.3) is 5.78 Å². The van der Waals surface area contributed by atoms with Gasteiger partial charge < -0.3 is 10.4 Å². The number of nitrogens with one attached hydrogen (secondary N) is 1. The molecule has 0 bridgehead atoms. The molecule has 0 aliphatic heterocycles. The SMILES string of the molecule is CC(N/C=C\C(=O)C(F)(F)F)C(=O)O. The van der Waals surface area contributed by atoms with Crippen LogP contribution in [-0.4, -0.2) is 29.1 Å². The first-order valence-corrected chi connectivity index (χ1v) is 3.51. The Hall–Kier alpha value is -1.53. The predicted octanol–water partition coefficient (Wildman–Crippen LogP) is 0.694. The summed E-state index contributed by atoms with van der Waals surface area (Å²) in [5.41, 5.74) is 0. The molecule has 0 rings (SSSR count). The maximum absolute atomic E-state index is 11.6. The largest absolute Gasteiger partial charge is 0.480 e. The monoisotopic (exact) mass is 211 g/mol. The Labute approximate surface area is 77.4 Å². The number of allylic oxidation sites excluding steroid dienone is 1. The van der Waals surface area contributed by atoms with E-state index in [2.05, 4.69) is 5.32 Å². The van der Waals surface area contributed by atoms with Gasteiger partial charge in [-0.3, -0.25) is 9.59 Å². The van der Waals surface area contributed by atoms with Crippen LogP contribution in [0, 0.1) is 0 Å². The van der Waals surface area contributed by atoms with Crippen LogP contribution in [0.4, 0.5) is 13.2 Å². The third-order valence-corrected chi connectivity index (χ3v) is 1.23. The molecule has 0 amide bonds. The highest BCUT2D eigenvalue weighted by Crippen LogP contribution is 2.15. The minimum atomic E-state index is -4.93. The predicted molar refractivity (Wildman–Crippen MR) is 40.4 cm³/mol. The van der Waals surface area contributed by atoms with Crippen molar-refractivity contribution in [1.82, 2.24) is 5.32 Å². The number of hydrogen-bond donors (Lipinski definition) is 2. The van der Waals surface area contributed by atoms with Gasteiger partial charge >= 0.3 is 12.1 Å². The molecular formula is C7H8F3NO3. The zero-order chi connectivity index (χ0) is 11.4. The fourth-order valence-corrected chi connectivity index (χ4v) is 0.434. The fraction of sp³-hybridized carbons (Fsp3) is 0.429. The van der Waals surface area contributed by atoms with Crippen molar-refractivity contribution in [2.45, 2.75) is 19.1 Å². The minimum absolute atomic E-state index is 0.236. The van der Waals surface area contributed by atoms with Crippen LogP contribution in [0.2, 0.25) is 0 Å². The molecule has 0 saturated heterocycles. The number of alkyl halides is 3. The van der Waals surface area contributed by atoms with Gasteiger partial charge in [-0.1, -0.05) is 0 Å². The van der Waals surface area contributed by atoms with Gasteiger partial charge in [-0.25, -0.2) is 0 Å². The lowest BCUT2D eigenvalue weighted by Crippen LogP contribution is -2.30. The maximum Gasteiger partial charge on any atom is 0.454 e. The quantitative estimate of drug-likeness (QED) is 0.671. The molecule has 1 unspecified atom stereocenters. The van der Waals surface area contributed by atoms with Crippen molar-refractivity contribution < 1.29 is 27.9 Å². The smallest absolute Gasteiger partial charge is 0.454 e. The van der Waals surface area contributed by atoms with Crippen molar-refractivity contribution in [3.63, 3.8) is 0 Å². The number of carbonyl (C=O) groups is 2. The summed E-state index contributed by atoms with van der Waals surface area (Å²) in [7, 11) is 0. The highest BCUT2D eigenvalue weighted by molar-refractivity contribution is 5.94. The normalized spacial score (nSPS) is 14.0. The average Bonchev–Trinajstić information content (AvgIpc) is 2.01. The Morgan fingerprint density at radius 1 is 1.43 bits per heavy atom. The van der Waals surface area contributed by atoms with Crippen molar-refractivity contribution in [2.24, 2.45) is 0 Å². The van der Waals surface area contributed by atoms with Gasteiger partial charge in [0.05, 0.1) is 0 Å². The van der Waals surface area contributed by atoms with Crippen LogP contribution in [0.5, 0.6) is 0 Å². The Morgan fingerprint density at radius 2 is 1.93 bits per heavy atom. The molecular weight excluding hydrogens is 203 g/mol. The summed E-state index contributed by atoms with van der Waals surface area (Å²) in [4.78, 5) is 20.4. The topological polar surface area (TPSA) is 66.4 Å². The maximum atomic E-state index is 11.6. The summed E-state index contributed by atoms with van der Waals surface area (Å²) in [5.74, 6) is -3.27. The molecule has 0 aliphatic carbocycles. The second kappa shape index (κ2) is 4.64. The summed E-state index contributed by atoms with van der Waals surface area (Å²) >= 11 is 0. The van der Waals surface area contributed by atoms with Gasteiger partial charge in [0.1, 0.15) is 6.04 Å². The van der Waals surface area contributed by atoms with Crippen LogP contribution < -0.4 is 5.32 Å². The molecule has 1 atom stereocenters. The molecule has 2 N–H and O–H groups in total. The Balaban J connectivity index is 4.08. The third-order valence-electron chi connectivity index (χ3n) is 1.23. The highest BCUT2D eigenvalue weighted by atomic mass is 19.4. The van der Waals surface area contributed by atoms with Crippen molar-refractivity contribution in [3.8, 4) is 0 Å². The Morgan fingerprint density at radius 3 is 2.29 bits per heavy atom. The molecule has 0 aromatic heterocycles. The third kappa shape index (κ3) is 4.48. The van der Waals surface area contributed by atoms with Gasteiger partial charge in [0, 0.05) is 12.3 Å². The van der Waals surface area contributed by atoms with E-state index in [0.29, 0.717) is 6.20 Å². The molecule has 4 nitrogen and oxygen atoms in total. The van der Waals surface area contributed by atoms with Crippen LogP contribution in [-0.2, 0) is 9.59 Å². The van der Waals surface area contributed by atoms with Gasteiger partial charge in [-0.15, -0.1) is 0 Å². The molecule has 0 aromatic rings. The van der Waals surface area contributed by atoms with E-state index in [1.807, 2.05) is 0 Å². The lowest BCUT2D eigenvalue weighted by molar-refractivity contribution is -0.165. The lowest BCUT2D eigenvalue weighted by Gasteiger charge is -2.05. The van der Waals surface area contributed by atoms with Crippen molar-refractivity contribution >= 4 is 11.8 Å². The van der Waals surface area contributed by atoms with Gasteiger partial charge in [-0.05, 0) is 6.92 Å². The first-order chi connectivity index (χ1) is 6.25. The highest BCUT2D eigenvalue weighted by Gasteiger charge is 2.36. The standard InChI is InChI=1S/C7H8F3NO3/c1-4(6(13)14)11-3-2-5(12)7(8,9)10/h2-4,11H,1H3,(H,13,14)/b3-2-. The molecule has 0 spiro atoms. The van der Waals surface area contributed by atoms with E-state index in [9.17, 15) is 22.8 Å². The van der Waals surface area contributed by atoms with E-state index in [0.717, 1.165) is 0 Å². The van der Waals surface area contributed by atoms with Crippen LogP contribution in [0.15, 0.2) is 12.3 Å². The number of hydrogen-bond acceptors (Lipinski definition) is 3. The average molecular weight is 211 g/mol. The summed E-state index contributed by atoms with van der Waals surface area (Å²) in [6.07, 6.45) is -4.03.